The zero-order valence-electron chi connectivity index (χ0n) is 14.6. The molecule has 3 aliphatic heterocycles. The first-order chi connectivity index (χ1) is 11.9. The van der Waals surface area contributed by atoms with Crippen molar-refractivity contribution in [2.75, 3.05) is 0 Å². The van der Waals surface area contributed by atoms with Gasteiger partial charge in [0.25, 0.3) is 0 Å². The molecule has 0 amide bonds. The summed E-state index contributed by atoms with van der Waals surface area (Å²) in [7, 11) is 0. The van der Waals surface area contributed by atoms with Crippen LogP contribution in [0.4, 0.5) is 0 Å². The van der Waals surface area contributed by atoms with Gasteiger partial charge in [0.05, 0.1) is 5.56 Å². The Labute approximate surface area is 146 Å². The molecule has 1 aromatic rings. The monoisotopic (exact) mass is 350 g/mol. The summed E-state index contributed by atoms with van der Waals surface area (Å²) in [4.78, 5) is 24.2. The molecule has 136 valence electrons. The summed E-state index contributed by atoms with van der Waals surface area (Å²) in [5.41, 5.74) is 0.357. The maximum atomic E-state index is 12.1. The fourth-order valence-corrected chi connectivity index (χ4v) is 3.09. The van der Waals surface area contributed by atoms with E-state index in [2.05, 4.69) is 0 Å². The van der Waals surface area contributed by atoms with Crippen molar-refractivity contribution in [2.24, 2.45) is 0 Å². The number of rotatable bonds is 2. The van der Waals surface area contributed by atoms with Crippen LogP contribution < -0.4 is 0 Å². The maximum Gasteiger partial charge on any atom is 0.350 e. The van der Waals surface area contributed by atoms with Crippen LogP contribution in [-0.2, 0) is 28.5 Å². The van der Waals surface area contributed by atoms with Crippen molar-refractivity contribution in [3.8, 4) is 0 Å². The van der Waals surface area contributed by atoms with Crippen molar-refractivity contribution < 1.29 is 33.3 Å². The van der Waals surface area contributed by atoms with Gasteiger partial charge in [0.2, 0.25) is 6.10 Å². The third-order valence-corrected chi connectivity index (χ3v) is 4.05. The lowest BCUT2D eigenvalue weighted by Gasteiger charge is -2.21. The van der Waals surface area contributed by atoms with Gasteiger partial charge < -0.3 is 23.7 Å². The van der Waals surface area contributed by atoms with Crippen molar-refractivity contribution in [1.29, 1.82) is 0 Å². The molecule has 3 heterocycles. The molecule has 25 heavy (non-hydrogen) atoms. The number of ether oxygens (including phenoxy) is 5. The van der Waals surface area contributed by atoms with E-state index in [1.54, 1.807) is 44.2 Å². The van der Waals surface area contributed by atoms with E-state index in [-0.39, 0.29) is 0 Å². The number of carbonyl (C=O) groups excluding carboxylic acids is 2. The molecule has 0 aromatic heterocycles. The van der Waals surface area contributed by atoms with Crippen LogP contribution in [0.1, 0.15) is 38.1 Å². The van der Waals surface area contributed by atoms with Gasteiger partial charge in [0.15, 0.2) is 24.3 Å². The van der Waals surface area contributed by atoms with Gasteiger partial charge in [-0.15, -0.1) is 0 Å². The minimum absolute atomic E-state index is 0.357. The van der Waals surface area contributed by atoms with E-state index in [9.17, 15) is 9.59 Å². The molecule has 0 N–H and O–H groups in total. The number of hydrogen-bond acceptors (Lipinski definition) is 7. The largest absolute Gasteiger partial charge is 0.454 e. The lowest BCUT2D eigenvalue weighted by molar-refractivity contribution is -0.214. The fourth-order valence-electron chi connectivity index (χ4n) is 3.09. The number of hydrogen-bond donors (Lipinski definition) is 0. The quantitative estimate of drug-likeness (QED) is 0.755. The molecule has 0 aliphatic carbocycles. The van der Waals surface area contributed by atoms with Gasteiger partial charge in [-0.2, -0.15) is 0 Å². The summed E-state index contributed by atoms with van der Waals surface area (Å²) in [5.74, 6) is -2.03. The molecule has 5 unspecified atom stereocenters. The maximum absolute atomic E-state index is 12.1. The van der Waals surface area contributed by atoms with Gasteiger partial charge in [0.1, 0.15) is 6.10 Å². The van der Waals surface area contributed by atoms with Crippen molar-refractivity contribution in [3.63, 3.8) is 0 Å². The van der Waals surface area contributed by atoms with Crippen LogP contribution >= 0.6 is 0 Å². The van der Waals surface area contributed by atoms with E-state index in [0.29, 0.717) is 5.56 Å². The van der Waals surface area contributed by atoms with E-state index in [1.807, 2.05) is 13.8 Å². The highest BCUT2D eigenvalue weighted by atomic mass is 16.8. The zero-order valence-corrected chi connectivity index (χ0v) is 14.6. The lowest BCUT2D eigenvalue weighted by atomic mass is 10.1. The minimum atomic E-state index is -1.12. The topological polar surface area (TPSA) is 80.3 Å². The first kappa shape index (κ1) is 17.8. The van der Waals surface area contributed by atoms with E-state index in [0.717, 1.165) is 0 Å². The van der Waals surface area contributed by atoms with Crippen LogP contribution in [0.5, 0.6) is 0 Å². The Morgan fingerprint density at radius 1 is 1.04 bits per heavy atom. The molecule has 0 saturated carbocycles. The highest BCUT2D eigenvalue weighted by Gasteiger charge is 2.64. The third kappa shape index (κ3) is 3.27. The summed E-state index contributed by atoms with van der Waals surface area (Å²) in [6, 6.07) is 8.44. The SMILES string of the molecule is CC.CC1(C)OC2OC3C(OC(=O)c4ccccc4)C(=O)OC3C2O1. The normalized spacial score (nSPS) is 34.4. The Morgan fingerprint density at radius 2 is 1.72 bits per heavy atom. The van der Waals surface area contributed by atoms with Gasteiger partial charge in [0, 0.05) is 0 Å². The van der Waals surface area contributed by atoms with Crippen molar-refractivity contribution in [1.82, 2.24) is 0 Å². The molecule has 0 bridgehead atoms. The number of esters is 2. The Morgan fingerprint density at radius 3 is 2.40 bits per heavy atom. The second kappa shape index (κ2) is 6.74. The van der Waals surface area contributed by atoms with Crippen molar-refractivity contribution in [2.45, 2.75) is 64.2 Å². The average molecular weight is 350 g/mol. The van der Waals surface area contributed by atoms with Crippen molar-refractivity contribution in [3.05, 3.63) is 35.9 Å². The Hall–Kier alpha value is -1.96. The van der Waals surface area contributed by atoms with Gasteiger partial charge in [-0.1, -0.05) is 32.0 Å². The number of carbonyl (C=O) groups is 2. The van der Waals surface area contributed by atoms with Gasteiger partial charge in [-0.3, -0.25) is 0 Å². The van der Waals surface area contributed by atoms with Crippen LogP contribution in [0, 0.1) is 0 Å². The summed E-state index contributed by atoms with van der Waals surface area (Å²) in [5, 5.41) is 0. The van der Waals surface area contributed by atoms with Crippen LogP contribution in [-0.4, -0.2) is 48.4 Å². The van der Waals surface area contributed by atoms with Crippen LogP contribution in [0.2, 0.25) is 0 Å². The Balaban J connectivity index is 0.000000880. The predicted molar refractivity (Wildman–Crippen MR) is 85.6 cm³/mol. The first-order valence-corrected chi connectivity index (χ1v) is 8.42. The second-order valence-electron chi connectivity index (χ2n) is 6.16. The molecule has 4 rings (SSSR count). The second-order valence-corrected chi connectivity index (χ2v) is 6.16. The standard InChI is InChI=1S/C16H16O7.C2H6/c1-16(2)22-12-10-9(21-15(12)23-16)11(14(18)19-10)20-13(17)8-6-4-3-5-7-8;1-2/h3-7,9-12,15H,1-2H3;1-2H3. The fraction of sp³-hybridized carbons (Fsp3) is 0.556. The minimum Gasteiger partial charge on any atom is -0.454 e. The molecule has 7 nitrogen and oxygen atoms in total. The molecule has 3 aliphatic rings. The summed E-state index contributed by atoms with van der Waals surface area (Å²) >= 11 is 0. The Bertz CT molecular complexity index is 642. The zero-order chi connectivity index (χ0) is 18.2. The molecule has 7 heteroatoms. The first-order valence-electron chi connectivity index (χ1n) is 8.42. The summed E-state index contributed by atoms with van der Waals surface area (Å²) in [6.07, 6.45) is -3.62. The molecule has 3 saturated heterocycles. The van der Waals surface area contributed by atoms with E-state index >= 15 is 0 Å². The van der Waals surface area contributed by atoms with Crippen LogP contribution in [0.15, 0.2) is 30.3 Å². The van der Waals surface area contributed by atoms with Gasteiger partial charge in [-0.05, 0) is 26.0 Å². The van der Waals surface area contributed by atoms with Gasteiger partial charge in [-0.25, -0.2) is 9.59 Å². The highest BCUT2D eigenvalue weighted by Crippen LogP contribution is 2.43. The summed E-state index contributed by atoms with van der Waals surface area (Å²) in [6.45, 7) is 7.51. The molecule has 0 spiro atoms. The van der Waals surface area contributed by atoms with Gasteiger partial charge >= 0.3 is 11.9 Å². The number of benzene rings is 1. The molecular weight excluding hydrogens is 328 g/mol. The molecule has 1 aromatic carbocycles. The molecular formula is C18H22O7. The van der Waals surface area contributed by atoms with Crippen molar-refractivity contribution >= 4 is 11.9 Å². The number of fused-ring (bicyclic) bond motifs is 3. The highest BCUT2D eigenvalue weighted by molar-refractivity contribution is 5.92. The predicted octanol–water partition coefficient (Wildman–Crippen LogP) is 2.04. The van der Waals surface area contributed by atoms with E-state index < -0.39 is 48.4 Å². The Kier molecular flexibility index (Phi) is 4.81. The average Bonchev–Trinajstić information content (AvgIpc) is 3.18. The van der Waals surface area contributed by atoms with E-state index in [4.69, 9.17) is 23.7 Å². The van der Waals surface area contributed by atoms with E-state index in [1.165, 1.54) is 0 Å². The molecule has 0 radical (unpaired) electrons. The van der Waals surface area contributed by atoms with Crippen LogP contribution in [0.25, 0.3) is 0 Å². The lowest BCUT2D eigenvalue weighted by Crippen LogP contribution is -2.37. The molecule has 5 atom stereocenters. The molecule has 3 fully saturated rings. The third-order valence-electron chi connectivity index (χ3n) is 4.05. The summed E-state index contributed by atoms with van der Waals surface area (Å²) < 4.78 is 27.6. The van der Waals surface area contributed by atoms with Crippen LogP contribution in [0.3, 0.4) is 0 Å². The smallest absolute Gasteiger partial charge is 0.350 e.